The van der Waals surface area contributed by atoms with Crippen LogP contribution in [0.4, 0.5) is 0 Å². The van der Waals surface area contributed by atoms with Gasteiger partial charge in [-0.1, -0.05) is 11.6 Å². The molecule has 0 amide bonds. The van der Waals surface area contributed by atoms with Crippen LogP contribution in [0.15, 0.2) is 18.2 Å². The molecule has 0 fully saturated rings. The number of esters is 1. The van der Waals surface area contributed by atoms with Crippen LogP contribution in [0.5, 0.6) is 5.75 Å². The molecule has 1 aromatic carbocycles. The summed E-state index contributed by atoms with van der Waals surface area (Å²) in [6, 6.07) is 5.22. The molecule has 1 heterocycles. The van der Waals surface area contributed by atoms with E-state index in [2.05, 4.69) is 4.74 Å². The molecule has 4 heteroatoms. The summed E-state index contributed by atoms with van der Waals surface area (Å²) in [5.74, 6) is -0.546. The summed E-state index contributed by atoms with van der Waals surface area (Å²) < 4.78 is 9.68. The smallest absolute Gasteiger partial charge is 0.355 e. The minimum atomic E-state index is -1.13. The summed E-state index contributed by atoms with van der Waals surface area (Å²) in [6.45, 7) is 1.87. The number of hydrogen-bond donors (Lipinski definition) is 0. The molecule has 15 heavy (non-hydrogen) atoms. The molecule has 0 saturated heterocycles. The largest absolute Gasteiger partial charge is 0.470 e. The molecule has 1 atom stereocenters. The minimum absolute atomic E-state index is 0.333. The third kappa shape index (κ3) is 1.48. The van der Waals surface area contributed by atoms with E-state index >= 15 is 0 Å². The molecule has 2 rings (SSSR count). The second kappa shape index (κ2) is 3.38. The monoisotopic (exact) mass is 206 g/mol. The van der Waals surface area contributed by atoms with Crippen molar-refractivity contribution < 1.29 is 19.1 Å². The highest BCUT2D eigenvalue weighted by Crippen LogP contribution is 2.29. The van der Waals surface area contributed by atoms with Crippen LogP contribution in [0.25, 0.3) is 0 Å². The van der Waals surface area contributed by atoms with Gasteiger partial charge in [0.2, 0.25) is 5.78 Å². The number of benzene rings is 1. The molecule has 4 nitrogen and oxygen atoms in total. The highest BCUT2D eigenvalue weighted by atomic mass is 16.6. The number of methoxy groups -OCH3 is 1. The van der Waals surface area contributed by atoms with E-state index in [0.29, 0.717) is 11.3 Å². The van der Waals surface area contributed by atoms with Gasteiger partial charge < -0.3 is 9.47 Å². The molecule has 1 aromatic rings. The van der Waals surface area contributed by atoms with Gasteiger partial charge in [0.1, 0.15) is 5.75 Å². The zero-order valence-electron chi connectivity index (χ0n) is 8.44. The van der Waals surface area contributed by atoms with Gasteiger partial charge in [-0.15, -0.1) is 0 Å². The lowest BCUT2D eigenvalue weighted by Crippen LogP contribution is -2.31. The Morgan fingerprint density at radius 1 is 1.47 bits per heavy atom. The standard InChI is InChI=1S/C11H10O4/c1-6-3-4-8-7(5-6)9(12)10(15-8)11(13)14-2/h3-5,10H,1-2H3. The second-order valence-corrected chi connectivity index (χ2v) is 3.38. The van der Waals surface area contributed by atoms with E-state index in [1.54, 1.807) is 12.1 Å². The van der Waals surface area contributed by atoms with Gasteiger partial charge in [0.25, 0.3) is 6.10 Å². The van der Waals surface area contributed by atoms with Gasteiger partial charge in [0.15, 0.2) is 0 Å². The second-order valence-electron chi connectivity index (χ2n) is 3.38. The first-order chi connectivity index (χ1) is 7.13. The molecule has 0 radical (unpaired) electrons. The summed E-state index contributed by atoms with van der Waals surface area (Å²) >= 11 is 0. The number of fused-ring (bicyclic) bond motifs is 1. The molecule has 0 aromatic heterocycles. The predicted octanol–water partition coefficient (Wildman–Crippen LogP) is 1.11. The van der Waals surface area contributed by atoms with Crippen molar-refractivity contribution in [3.05, 3.63) is 29.3 Å². The molecule has 1 unspecified atom stereocenters. The van der Waals surface area contributed by atoms with E-state index in [1.165, 1.54) is 7.11 Å². The Kier molecular flexibility index (Phi) is 2.19. The Morgan fingerprint density at radius 3 is 2.87 bits per heavy atom. The van der Waals surface area contributed by atoms with Crippen molar-refractivity contribution in [2.24, 2.45) is 0 Å². The van der Waals surface area contributed by atoms with E-state index in [0.717, 1.165) is 5.56 Å². The predicted molar refractivity (Wildman–Crippen MR) is 51.9 cm³/mol. The molecule has 78 valence electrons. The van der Waals surface area contributed by atoms with Crippen LogP contribution in [0.1, 0.15) is 15.9 Å². The van der Waals surface area contributed by atoms with E-state index in [4.69, 9.17) is 4.74 Å². The van der Waals surface area contributed by atoms with E-state index in [-0.39, 0.29) is 5.78 Å². The van der Waals surface area contributed by atoms with Crippen molar-refractivity contribution in [3.63, 3.8) is 0 Å². The fraction of sp³-hybridized carbons (Fsp3) is 0.273. The summed E-state index contributed by atoms with van der Waals surface area (Å²) in [6.07, 6.45) is -1.13. The lowest BCUT2D eigenvalue weighted by Gasteiger charge is -2.05. The Labute approximate surface area is 86.8 Å². The maximum absolute atomic E-state index is 11.7. The number of hydrogen-bond acceptors (Lipinski definition) is 4. The minimum Gasteiger partial charge on any atom is -0.470 e. The van der Waals surface area contributed by atoms with Crippen molar-refractivity contribution in [2.75, 3.05) is 7.11 Å². The van der Waals surface area contributed by atoms with Crippen LogP contribution in [-0.4, -0.2) is 25.0 Å². The maximum atomic E-state index is 11.7. The van der Waals surface area contributed by atoms with Crippen LogP contribution in [0, 0.1) is 6.92 Å². The Morgan fingerprint density at radius 2 is 2.20 bits per heavy atom. The van der Waals surface area contributed by atoms with Crippen molar-refractivity contribution in [2.45, 2.75) is 13.0 Å². The number of carbonyl (C=O) groups is 2. The van der Waals surface area contributed by atoms with Gasteiger partial charge in [-0.05, 0) is 19.1 Å². The number of Topliss-reactive ketones (excluding diaryl/α,β-unsaturated/α-hetero) is 1. The highest BCUT2D eigenvalue weighted by molar-refractivity contribution is 6.15. The fourth-order valence-electron chi connectivity index (χ4n) is 1.52. The maximum Gasteiger partial charge on any atom is 0.355 e. The van der Waals surface area contributed by atoms with Crippen LogP contribution in [0.2, 0.25) is 0 Å². The molecule has 1 aliphatic rings. The number of carbonyl (C=O) groups excluding carboxylic acids is 2. The zero-order chi connectivity index (χ0) is 11.0. The van der Waals surface area contributed by atoms with Gasteiger partial charge in [0, 0.05) is 0 Å². The lowest BCUT2D eigenvalue weighted by atomic mass is 10.1. The summed E-state index contributed by atoms with van der Waals surface area (Å²) in [4.78, 5) is 22.9. The Hall–Kier alpha value is -1.84. The Bertz CT molecular complexity index is 436. The van der Waals surface area contributed by atoms with E-state index in [9.17, 15) is 9.59 Å². The highest BCUT2D eigenvalue weighted by Gasteiger charge is 2.38. The molecule has 1 aliphatic heterocycles. The molecular weight excluding hydrogens is 196 g/mol. The molecule has 0 spiro atoms. The van der Waals surface area contributed by atoms with E-state index < -0.39 is 12.1 Å². The first kappa shape index (κ1) is 9.71. The van der Waals surface area contributed by atoms with Gasteiger partial charge in [-0.3, -0.25) is 4.79 Å². The zero-order valence-corrected chi connectivity index (χ0v) is 8.44. The molecular formula is C11H10O4. The third-order valence-electron chi connectivity index (χ3n) is 2.30. The summed E-state index contributed by atoms with van der Waals surface area (Å²) in [7, 11) is 1.23. The van der Waals surface area contributed by atoms with Crippen LogP contribution >= 0.6 is 0 Å². The molecule has 0 saturated carbocycles. The number of aryl methyl sites for hydroxylation is 1. The van der Waals surface area contributed by atoms with Crippen LogP contribution in [-0.2, 0) is 9.53 Å². The molecule has 0 aliphatic carbocycles. The molecule has 0 bridgehead atoms. The number of rotatable bonds is 1. The van der Waals surface area contributed by atoms with Gasteiger partial charge >= 0.3 is 5.97 Å². The SMILES string of the molecule is COC(=O)C1Oc2ccc(C)cc2C1=O. The topological polar surface area (TPSA) is 52.6 Å². The van der Waals surface area contributed by atoms with Crippen LogP contribution in [0.3, 0.4) is 0 Å². The van der Waals surface area contributed by atoms with Gasteiger partial charge in [-0.25, -0.2) is 4.79 Å². The fourth-order valence-corrected chi connectivity index (χ4v) is 1.52. The van der Waals surface area contributed by atoms with E-state index in [1.807, 2.05) is 13.0 Å². The average Bonchev–Trinajstić information content (AvgIpc) is 2.55. The summed E-state index contributed by atoms with van der Waals surface area (Å²) in [5.41, 5.74) is 1.40. The normalized spacial score (nSPS) is 18.3. The van der Waals surface area contributed by atoms with Crippen molar-refractivity contribution in [1.82, 2.24) is 0 Å². The molecule has 0 N–H and O–H groups in total. The van der Waals surface area contributed by atoms with Gasteiger partial charge in [0.05, 0.1) is 12.7 Å². The van der Waals surface area contributed by atoms with Crippen molar-refractivity contribution >= 4 is 11.8 Å². The first-order valence-corrected chi connectivity index (χ1v) is 4.53. The number of ether oxygens (including phenoxy) is 2. The van der Waals surface area contributed by atoms with Crippen molar-refractivity contribution in [1.29, 1.82) is 0 Å². The third-order valence-corrected chi connectivity index (χ3v) is 2.30. The van der Waals surface area contributed by atoms with Crippen molar-refractivity contribution in [3.8, 4) is 5.75 Å². The van der Waals surface area contributed by atoms with Crippen LogP contribution < -0.4 is 4.74 Å². The Balaban J connectivity index is 2.38. The first-order valence-electron chi connectivity index (χ1n) is 4.53. The lowest BCUT2D eigenvalue weighted by molar-refractivity contribution is -0.145. The summed E-state index contributed by atoms with van der Waals surface area (Å²) in [5, 5.41) is 0. The van der Waals surface area contributed by atoms with Gasteiger partial charge in [-0.2, -0.15) is 0 Å². The quantitative estimate of drug-likeness (QED) is 0.510. The number of ketones is 1. The average molecular weight is 206 g/mol.